The van der Waals surface area contributed by atoms with Gasteiger partial charge in [0.1, 0.15) is 5.82 Å². The molecule has 5 rings (SSSR count). The summed E-state index contributed by atoms with van der Waals surface area (Å²) in [7, 11) is 4.32. The van der Waals surface area contributed by atoms with Gasteiger partial charge in [-0.15, -0.1) is 0 Å². The van der Waals surface area contributed by atoms with Crippen LogP contribution in [0.25, 0.3) is 0 Å². The predicted octanol–water partition coefficient (Wildman–Crippen LogP) is 3.04. The molecule has 1 aromatic heterocycles. The fourth-order valence-corrected chi connectivity index (χ4v) is 4.85. The topological polar surface area (TPSA) is 71.3 Å². The first-order chi connectivity index (χ1) is 14.5. The first-order valence-corrected chi connectivity index (χ1v) is 10.7. The molecule has 1 saturated heterocycles. The molecule has 1 N–H and O–H groups in total. The summed E-state index contributed by atoms with van der Waals surface area (Å²) in [5.41, 5.74) is 4.79. The Balaban J connectivity index is 1.32. The fraction of sp³-hybridized carbons (Fsp3) is 0.522. The highest BCUT2D eigenvalue weighted by Crippen LogP contribution is 2.40. The molecule has 156 valence electrons. The van der Waals surface area contributed by atoms with Crippen molar-refractivity contribution in [1.29, 1.82) is 5.26 Å². The second-order valence-electron chi connectivity index (χ2n) is 9.24. The van der Waals surface area contributed by atoms with E-state index in [0.29, 0.717) is 18.4 Å². The number of anilines is 3. The maximum absolute atomic E-state index is 9.39. The van der Waals surface area contributed by atoms with Gasteiger partial charge in [0.05, 0.1) is 18.0 Å². The third kappa shape index (κ3) is 3.40. The van der Waals surface area contributed by atoms with Crippen molar-refractivity contribution in [3.8, 4) is 6.07 Å². The van der Waals surface area contributed by atoms with Gasteiger partial charge in [0.25, 0.3) is 0 Å². The van der Waals surface area contributed by atoms with E-state index in [2.05, 4.69) is 70.3 Å². The summed E-state index contributed by atoms with van der Waals surface area (Å²) in [6.45, 7) is 5.73. The lowest BCUT2D eigenvalue weighted by Gasteiger charge is -2.55. The summed E-state index contributed by atoms with van der Waals surface area (Å²) in [4.78, 5) is 16.4. The lowest BCUT2D eigenvalue weighted by atomic mass is 9.84. The summed E-state index contributed by atoms with van der Waals surface area (Å²) in [6.07, 6.45) is 4.96. The Morgan fingerprint density at radius 2 is 2.03 bits per heavy atom. The van der Waals surface area contributed by atoms with E-state index in [9.17, 15) is 5.26 Å². The van der Waals surface area contributed by atoms with Crippen LogP contribution in [0.2, 0.25) is 0 Å². The van der Waals surface area contributed by atoms with E-state index in [1.165, 1.54) is 24.0 Å². The van der Waals surface area contributed by atoms with E-state index < -0.39 is 0 Å². The molecular weight excluding hydrogens is 374 g/mol. The van der Waals surface area contributed by atoms with Crippen LogP contribution in [-0.2, 0) is 13.1 Å². The summed E-state index contributed by atoms with van der Waals surface area (Å²) in [6, 6.07) is 9.55. The largest absolute Gasteiger partial charge is 0.352 e. The Bertz CT molecular complexity index is 1000. The first kappa shape index (κ1) is 19.3. The third-order valence-electron chi connectivity index (χ3n) is 6.81. The molecule has 1 saturated carbocycles. The lowest BCUT2D eigenvalue weighted by Crippen LogP contribution is -2.70. The highest BCUT2D eigenvalue weighted by molar-refractivity contribution is 5.60. The average Bonchev–Trinajstić information content (AvgIpc) is 3.47. The number of rotatable bonds is 6. The van der Waals surface area contributed by atoms with E-state index in [0.717, 1.165) is 43.2 Å². The number of hydrogen-bond donors (Lipinski definition) is 1. The van der Waals surface area contributed by atoms with Crippen molar-refractivity contribution in [2.75, 3.05) is 37.4 Å². The van der Waals surface area contributed by atoms with Gasteiger partial charge in [0.15, 0.2) is 0 Å². The van der Waals surface area contributed by atoms with Gasteiger partial charge in [-0.2, -0.15) is 10.2 Å². The van der Waals surface area contributed by atoms with Crippen molar-refractivity contribution in [3.05, 3.63) is 41.1 Å². The Labute approximate surface area is 178 Å². The molecule has 1 aromatic carbocycles. The molecule has 3 heterocycles. The number of nitriles is 1. The highest BCUT2D eigenvalue weighted by atomic mass is 15.4. The number of likely N-dealkylation sites (N-methyl/N-ethyl adjacent to an activating group) is 1. The van der Waals surface area contributed by atoms with Crippen LogP contribution in [-0.4, -0.2) is 58.5 Å². The molecule has 0 unspecified atom stereocenters. The number of nitrogens with one attached hydrogen (secondary N) is 1. The summed E-state index contributed by atoms with van der Waals surface area (Å²) in [5, 5.41) is 12.8. The number of aryl methyl sites for hydroxylation is 1. The van der Waals surface area contributed by atoms with E-state index in [1.54, 1.807) is 0 Å². The summed E-state index contributed by atoms with van der Waals surface area (Å²) < 4.78 is 0. The smallest absolute Gasteiger partial charge is 0.229 e. The molecule has 2 aromatic rings. The van der Waals surface area contributed by atoms with Gasteiger partial charge in [-0.1, -0.05) is 6.07 Å². The zero-order valence-corrected chi connectivity index (χ0v) is 18.0. The van der Waals surface area contributed by atoms with Crippen molar-refractivity contribution in [2.45, 2.75) is 50.9 Å². The number of nitrogens with zero attached hydrogens (tertiary/aromatic N) is 6. The van der Waals surface area contributed by atoms with Crippen molar-refractivity contribution in [3.63, 3.8) is 0 Å². The second kappa shape index (κ2) is 7.22. The monoisotopic (exact) mass is 403 g/mol. The molecule has 0 amide bonds. The molecule has 1 aliphatic carbocycles. The van der Waals surface area contributed by atoms with E-state index in [-0.39, 0.29) is 5.54 Å². The number of fused-ring (bicyclic) bond motifs is 1. The van der Waals surface area contributed by atoms with Crippen LogP contribution < -0.4 is 10.2 Å². The van der Waals surface area contributed by atoms with Crippen LogP contribution in [0.5, 0.6) is 0 Å². The minimum atomic E-state index is -0.0487. The first-order valence-electron chi connectivity index (χ1n) is 10.7. The molecule has 0 spiro atoms. The Morgan fingerprint density at radius 3 is 2.77 bits per heavy atom. The van der Waals surface area contributed by atoms with Crippen LogP contribution in [0.15, 0.2) is 24.4 Å². The molecule has 30 heavy (non-hydrogen) atoms. The van der Waals surface area contributed by atoms with E-state index >= 15 is 0 Å². The summed E-state index contributed by atoms with van der Waals surface area (Å²) >= 11 is 0. The van der Waals surface area contributed by atoms with E-state index in [4.69, 9.17) is 4.98 Å². The predicted molar refractivity (Wildman–Crippen MR) is 118 cm³/mol. The van der Waals surface area contributed by atoms with E-state index in [1.807, 2.05) is 6.20 Å². The van der Waals surface area contributed by atoms with Crippen LogP contribution in [0.1, 0.15) is 36.0 Å². The third-order valence-corrected chi connectivity index (χ3v) is 6.81. The molecule has 0 radical (unpaired) electrons. The standard InChI is InChI=1S/C23H29N7/c1-16-11-25-22(26-19-5-4-17-12-28(2)13-18(17)10-19)27-21(16)30-14-23(15-30,8-9-24)29(3)20-6-7-20/h4-5,10-11,20H,6-8,12-15H2,1-3H3,(H,25,26,27). The van der Waals surface area contributed by atoms with Crippen molar-refractivity contribution in [2.24, 2.45) is 0 Å². The van der Waals surface area contributed by atoms with Gasteiger partial charge < -0.3 is 10.2 Å². The zero-order chi connectivity index (χ0) is 20.9. The Hall–Kier alpha value is -2.69. The Morgan fingerprint density at radius 1 is 1.27 bits per heavy atom. The van der Waals surface area contributed by atoms with Crippen molar-refractivity contribution in [1.82, 2.24) is 19.8 Å². The zero-order valence-electron chi connectivity index (χ0n) is 18.0. The maximum atomic E-state index is 9.39. The molecule has 2 aliphatic heterocycles. The number of aromatic nitrogens is 2. The molecule has 3 aliphatic rings. The van der Waals surface area contributed by atoms with Gasteiger partial charge in [-0.3, -0.25) is 9.80 Å². The quantitative estimate of drug-likeness (QED) is 0.795. The van der Waals surface area contributed by atoms with Gasteiger partial charge in [-0.25, -0.2) is 4.98 Å². The minimum absolute atomic E-state index is 0.0487. The number of benzene rings is 1. The number of hydrogen-bond acceptors (Lipinski definition) is 7. The normalized spacial score (nSPS) is 20.0. The van der Waals surface area contributed by atoms with Crippen molar-refractivity contribution < 1.29 is 0 Å². The average molecular weight is 404 g/mol. The SMILES string of the molecule is Cc1cnc(Nc2ccc3c(c2)CN(C)C3)nc1N1CC(CC#N)(N(C)C2CC2)C1. The maximum Gasteiger partial charge on any atom is 0.229 e. The van der Waals surface area contributed by atoms with Gasteiger partial charge in [0.2, 0.25) is 5.95 Å². The van der Waals surface area contributed by atoms with Crippen LogP contribution in [0, 0.1) is 18.3 Å². The molecule has 7 nitrogen and oxygen atoms in total. The van der Waals surface area contributed by atoms with Gasteiger partial charge in [0, 0.05) is 49.7 Å². The van der Waals surface area contributed by atoms with Gasteiger partial charge >= 0.3 is 0 Å². The minimum Gasteiger partial charge on any atom is -0.352 e. The van der Waals surface area contributed by atoms with Crippen LogP contribution in [0.4, 0.5) is 17.5 Å². The highest BCUT2D eigenvalue weighted by Gasteiger charge is 2.50. The molecule has 7 heteroatoms. The van der Waals surface area contributed by atoms with Crippen LogP contribution >= 0.6 is 0 Å². The van der Waals surface area contributed by atoms with Crippen LogP contribution in [0.3, 0.4) is 0 Å². The summed E-state index contributed by atoms with van der Waals surface area (Å²) in [5.74, 6) is 1.58. The fourth-order valence-electron chi connectivity index (χ4n) is 4.85. The molecule has 0 bridgehead atoms. The molecule has 2 fully saturated rings. The van der Waals surface area contributed by atoms with Crippen molar-refractivity contribution >= 4 is 17.5 Å². The molecule has 0 atom stereocenters. The Kier molecular flexibility index (Phi) is 4.64. The lowest BCUT2D eigenvalue weighted by molar-refractivity contribution is 0.0806. The second-order valence-corrected chi connectivity index (χ2v) is 9.24. The van der Waals surface area contributed by atoms with Gasteiger partial charge in [-0.05, 0) is 57.1 Å². The molecular formula is C23H29N7.